The first-order valence-corrected chi connectivity index (χ1v) is 14.7. The van der Waals surface area contributed by atoms with Crippen molar-refractivity contribution >= 4 is 9.84 Å². The molecular weight excluding hydrogens is 473 g/mol. The number of alkyl halides is 3. The van der Waals surface area contributed by atoms with Gasteiger partial charge in [-0.1, -0.05) is 43.7 Å². The molecule has 35 heavy (non-hydrogen) atoms. The smallest absolute Gasteiger partial charge is 0.380 e. The molecular formula is C28H37F3O3S. The fourth-order valence-corrected chi connectivity index (χ4v) is 9.92. The van der Waals surface area contributed by atoms with E-state index in [4.69, 9.17) is 0 Å². The highest BCUT2D eigenvalue weighted by molar-refractivity contribution is 7.91. The Morgan fingerprint density at radius 3 is 2.40 bits per heavy atom. The molecule has 3 nitrogen and oxygen atoms in total. The summed E-state index contributed by atoms with van der Waals surface area (Å²) in [4.78, 5) is 0.386. The van der Waals surface area contributed by atoms with Gasteiger partial charge in [-0.05, 0) is 98.0 Å². The van der Waals surface area contributed by atoms with Gasteiger partial charge in [0.25, 0.3) is 0 Å². The van der Waals surface area contributed by atoms with Gasteiger partial charge in [0.2, 0.25) is 0 Å². The molecule has 0 amide bonds. The highest BCUT2D eigenvalue weighted by Gasteiger charge is 2.63. The first-order valence-electron chi connectivity index (χ1n) is 13.1. The van der Waals surface area contributed by atoms with E-state index in [1.807, 2.05) is 12.1 Å². The van der Waals surface area contributed by atoms with Crippen molar-refractivity contribution in [1.82, 2.24) is 0 Å². The Kier molecular flexibility index (Phi) is 6.03. The van der Waals surface area contributed by atoms with Gasteiger partial charge in [-0.3, -0.25) is 0 Å². The van der Waals surface area contributed by atoms with E-state index in [0.29, 0.717) is 41.4 Å². The van der Waals surface area contributed by atoms with Gasteiger partial charge in [0.05, 0.1) is 10.6 Å². The molecule has 0 saturated heterocycles. The number of benzene rings is 1. The van der Waals surface area contributed by atoms with Crippen molar-refractivity contribution in [2.45, 2.75) is 88.3 Å². The van der Waals surface area contributed by atoms with E-state index in [-0.39, 0.29) is 29.4 Å². The molecule has 1 aromatic rings. The van der Waals surface area contributed by atoms with E-state index >= 15 is 0 Å². The number of aliphatic hydroxyl groups is 1. The minimum absolute atomic E-state index is 0.0798. The second-order valence-electron chi connectivity index (χ2n) is 12.2. The van der Waals surface area contributed by atoms with Crippen LogP contribution in [0.2, 0.25) is 0 Å². The normalized spacial score (nSPS) is 41.5. The van der Waals surface area contributed by atoms with Gasteiger partial charge >= 0.3 is 6.18 Å². The summed E-state index contributed by atoms with van der Waals surface area (Å²) in [7, 11) is -3.31. The third-order valence-corrected chi connectivity index (χ3v) is 12.5. The van der Waals surface area contributed by atoms with Crippen molar-refractivity contribution < 1.29 is 26.7 Å². The second-order valence-corrected chi connectivity index (χ2v) is 14.3. The van der Waals surface area contributed by atoms with Crippen LogP contribution in [0.15, 0.2) is 46.9 Å². The number of fused-ring (bicyclic) bond motifs is 5. The molecule has 1 N–H and O–H groups in total. The third kappa shape index (κ3) is 4.00. The van der Waals surface area contributed by atoms with Crippen LogP contribution >= 0.6 is 0 Å². The molecule has 0 heterocycles. The first kappa shape index (κ1) is 25.3. The van der Waals surface area contributed by atoms with Gasteiger partial charge < -0.3 is 5.11 Å². The van der Waals surface area contributed by atoms with Gasteiger partial charge in [0.15, 0.2) is 15.4 Å². The lowest BCUT2D eigenvalue weighted by Gasteiger charge is -2.59. The molecule has 194 valence electrons. The fraction of sp³-hybridized carbons (Fsp3) is 0.714. The minimum Gasteiger partial charge on any atom is -0.380 e. The number of sulfone groups is 1. The third-order valence-electron chi connectivity index (χ3n) is 10.7. The zero-order valence-electron chi connectivity index (χ0n) is 20.7. The van der Waals surface area contributed by atoms with Crippen molar-refractivity contribution in [1.29, 1.82) is 0 Å². The average molecular weight is 511 g/mol. The monoisotopic (exact) mass is 510 g/mol. The predicted octanol–water partition coefficient (Wildman–Crippen LogP) is 6.72. The maximum atomic E-state index is 13.6. The van der Waals surface area contributed by atoms with Crippen molar-refractivity contribution in [2.75, 3.05) is 5.75 Å². The van der Waals surface area contributed by atoms with E-state index in [0.717, 1.165) is 37.7 Å². The van der Waals surface area contributed by atoms with E-state index in [2.05, 4.69) is 13.8 Å². The molecule has 4 aliphatic carbocycles. The van der Waals surface area contributed by atoms with Crippen LogP contribution in [0.5, 0.6) is 0 Å². The maximum absolute atomic E-state index is 13.6. The molecule has 7 atom stereocenters. The van der Waals surface area contributed by atoms with Crippen molar-refractivity contribution in [3.63, 3.8) is 0 Å². The molecule has 7 heteroatoms. The Hall–Kier alpha value is -1.34. The molecule has 0 radical (unpaired) electrons. The van der Waals surface area contributed by atoms with E-state index < -0.39 is 21.6 Å². The van der Waals surface area contributed by atoms with Gasteiger partial charge in [0, 0.05) is 6.42 Å². The second kappa shape index (κ2) is 8.34. The summed E-state index contributed by atoms with van der Waals surface area (Å²) in [5.74, 6) is 1.76. The number of rotatable bonds is 4. The minimum atomic E-state index is -4.60. The predicted molar refractivity (Wildman–Crippen MR) is 129 cm³/mol. The molecule has 0 aliphatic heterocycles. The Balaban J connectivity index is 1.33. The van der Waals surface area contributed by atoms with Crippen LogP contribution in [0, 0.1) is 34.5 Å². The van der Waals surface area contributed by atoms with Crippen molar-refractivity contribution in [2.24, 2.45) is 34.5 Å². The summed E-state index contributed by atoms with van der Waals surface area (Å²) in [5, 5.41) is 10.4. The van der Waals surface area contributed by atoms with Crippen LogP contribution in [-0.4, -0.2) is 31.1 Å². The molecule has 4 aliphatic rings. The molecule has 3 fully saturated rings. The lowest BCUT2D eigenvalue weighted by Crippen LogP contribution is -2.55. The van der Waals surface area contributed by atoms with Crippen LogP contribution in [0.3, 0.4) is 0 Å². The van der Waals surface area contributed by atoms with Crippen LogP contribution in [0.4, 0.5) is 13.2 Å². The zero-order valence-corrected chi connectivity index (χ0v) is 21.5. The molecule has 1 aromatic carbocycles. The van der Waals surface area contributed by atoms with Gasteiger partial charge in [-0.25, -0.2) is 8.42 Å². The summed E-state index contributed by atoms with van der Waals surface area (Å²) < 4.78 is 66.5. The summed E-state index contributed by atoms with van der Waals surface area (Å²) in [6, 6.07) is 8.66. The number of hydrogen-bond donors (Lipinski definition) is 1. The maximum Gasteiger partial charge on any atom is 0.417 e. The molecule has 3 saturated carbocycles. The summed E-state index contributed by atoms with van der Waals surface area (Å²) in [5.41, 5.74) is -2.00. The summed E-state index contributed by atoms with van der Waals surface area (Å²) in [6.07, 6.45) is 2.78. The van der Waals surface area contributed by atoms with E-state index in [1.165, 1.54) is 0 Å². The number of allylic oxidation sites excluding steroid dienone is 1. The summed E-state index contributed by atoms with van der Waals surface area (Å²) in [6.45, 7) is 4.47. The highest BCUT2D eigenvalue weighted by Crippen LogP contribution is 2.67. The van der Waals surface area contributed by atoms with Gasteiger partial charge in [0.1, 0.15) is 0 Å². The Labute approximate surface area is 207 Å². The average Bonchev–Trinajstić information content (AvgIpc) is 3.14. The molecule has 5 rings (SSSR count). The van der Waals surface area contributed by atoms with Crippen LogP contribution in [0.25, 0.3) is 0 Å². The Bertz CT molecular complexity index is 1100. The number of halogens is 3. The molecule has 0 spiro atoms. The highest BCUT2D eigenvalue weighted by atomic mass is 32.2. The van der Waals surface area contributed by atoms with Crippen molar-refractivity contribution in [3.8, 4) is 0 Å². The van der Waals surface area contributed by atoms with Gasteiger partial charge in [-0.15, -0.1) is 0 Å². The SMILES string of the molecule is CC12CC[C@@](O)(C(F)(F)F)CC1=CCC1C2CCC2(C)C(CCS(=O)(=O)c3ccccc3)CCC12. The zero-order chi connectivity index (χ0) is 25.3. The molecule has 6 unspecified atom stereocenters. The Morgan fingerprint density at radius 2 is 1.71 bits per heavy atom. The van der Waals surface area contributed by atoms with Crippen LogP contribution in [-0.2, 0) is 9.84 Å². The quantitative estimate of drug-likeness (QED) is 0.458. The molecule has 0 aromatic heterocycles. The van der Waals surface area contributed by atoms with E-state index in [9.17, 15) is 26.7 Å². The fourth-order valence-electron chi connectivity index (χ4n) is 8.51. The first-order chi connectivity index (χ1) is 16.3. The number of hydrogen-bond acceptors (Lipinski definition) is 3. The molecule has 0 bridgehead atoms. The topological polar surface area (TPSA) is 54.4 Å². The summed E-state index contributed by atoms with van der Waals surface area (Å²) >= 11 is 0. The van der Waals surface area contributed by atoms with E-state index in [1.54, 1.807) is 24.3 Å². The largest absolute Gasteiger partial charge is 0.417 e. The van der Waals surface area contributed by atoms with Crippen LogP contribution in [0.1, 0.15) is 71.6 Å². The van der Waals surface area contributed by atoms with Gasteiger partial charge in [-0.2, -0.15) is 13.2 Å². The standard InChI is InChI=1S/C28H37F3O3S/c1-25-14-12-24-22(10-8-20-18-27(32,28(29,30)31)16-15-26(20,24)2)23(25)11-9-19(25)13-17-35(33,34)21-6-4-3-5-7-21/h3-8,19,22-24,32H,9-18H2,1-2H3/t19?,22?,23?,24?,25?,26?,27-/m0/s1. The lowest BCUT2D eigenvalue weighted by atomic mass is 9.46. The Morgan fingerprint density at radius 1 is 1.00 bits per heavy atom. The van der Waals surface area contributed by atoms with Crippen LogP contribution < -0.4 is 0 Å². The van der Waals surface area contributed by atoms with Crippen molar-refractivity contribution in [3.05, 3.63) is 42.0 Å². The lowest BCUT2D eigenvalue weighted by molar-refractivity contribution is -0.271.